The van der Waals surface area contributed by atoms with Crippen molar-refractivity contribution in [2.45, 2.75) is 17.7 Å². The zero-order valence-corrected chi connectivity index (χ0v) is 12.9. The van der Waals surface area contributed by atoms with Crippen LogP contribution in [0.15, 0.2) is 23.1 Å². The molecule has 1 heterocycles. The molecule has 0 saturated carbocycles. The fraction of sp³-hybridized carbons (Fsp3) is 0.571. The van der Waals surface area contributed by atoms with E-state index in [0.717, 1.165) is 18.8 Å². The second-order valence-electron chi connectivity index (χ2n) is 5.67. The molecule has 1 fully saturated rings. The van der Waals surface area contributed by atoms with Crippen LogP contribution in [-0.2, 0) is 9.84 Å². The zero-order valence-electron chi connectivity index (χ0n) is 12.1. The van der Waals surface area contributed by atoms with Gasteiger partial charge in [0.25, 0.3) is 0 Å². The number of piperidine rings is 1. The van der Waals surface area contributed by atoms with Crippen LogP contribution >= 0.6 is 0 Å². The lowest BCUT2D eigenvalue weighted by Gasteiger charge is -2.30. The molecule has 0 radical (unpaired) electrons. The van der Waals surface area contributed by atoms with Crippen molar-refractivity contribution in [3.05, 3.63) is 18.2 Å². The number of likely N-dealkylation sites (tertiary alicyclic amines) is 1. The second kappa shape index (κ2) is 6.01. The van der Waals surface area contributed by atoms with Gasteiger partial charge in [0.2, 0.25) is 0 Å². The molecule has 1 unspecified atom stereocenters. The summed E-state index contributed by atoms with van der Waals surface area (Å²) in [7, 11) is -1.06. The van der Waals surface area contributed by atoms with Crippen LogP contribution in [0.25, 0.3) is 0 Å². The molecule has 3 N–H and O–H groups in total. The molecule has 1 atom stereocenters. The monoisotopic (exact) mass is 297 g/mol. The summed E-state index contributed by atoms with van der Waals surface area (Å²) >= 11 is 0. The first-order chi connectivity index (χ1) is 9.36. The van der Waals surface area contributed by atoms with Crippen LogP contribution in [0.4, 0.5) is 11.4 Å². The summed E-state index contributed by atoms with van der Waals surface area (Å²) in [4.78, 5) is 2.60. The maximum Gasteiger partial charge on any atom is 0.175 e. The Balaban J connectivity index is 2.00. The molecule has 0 spiro atoms. The number of nitrogens with one attached hydrogen (secondary N) is 1. The predicted octanol–water partition coefficient (Wildman–Crippen LogP) is 1.43. The fourth-order valence-electron chi connectivity index (χ4n) is 2.63. The molecule has 0 amide bonds. The van der Waals surface area contributed by atoms with Crippen LogP contribution in [0.3, 0.4) is 0 Å². The summed E-state index contributed by atoms with van der Waals surface area (Å²) in [6.07, 6.45) is 3.64. The predicted molar refractivity (Wildman–Crippen MR) is 82.7 cm³/mol. The molecule has 2 rings (SSSR count). The van der Waals surface area contributed by atoms with Gasteiger partial charge in [-0.1, -0.05) is 0 Å². The van der Waals surface area contributed by atoms with E-state index in [1.165, 1.54) is 31.7 Å². The molecule has 20 heavy (non-hydrogen) atoms. The van der Waals surface area contributed by atoms with Gasteiger partial charge in [-0.3, -0.25) is 0 Å². The van der Waals surface area contributed by atoms with Gasteiger partial charge in [0.1, 0.15) is 0 Å². The fourth-order valence-corrected chi connectivity index (χ4v) is 3.28. The molecule has 1 saturated heterocycles. The first-order valence-corrected chi connectivity index (χ1v) is 8.77. The maximum absolute atomic E-state index is 11.5. The van der Waals surface area contributed by atoms with Crippen LogP contribution < -0.4 is 11.1 Å². The minimum Gasteiger partial charge on any atom is -0.397 e. The highest BCUT2D eigenvalue weighted by atomic mass is 32.2. The van der Waals surface area contributed by atoms with Crippen molar-refractivity contribution in [2.24, 2.45) is 5.92 Å². The summed E-state index contributed by atoms with van der Waals surface area (Å²) < 4.78 is 22.9. The van der Waals surface area contributed by atoms with Gasteiger partial charge in [0.05, 0.1) is 16.3 Å². The van der Waals surface area contributed by atoms with E-state index >= 15 is 0 Å². The first kappa shape index (κ1) is 15.1. The van der Waals surface area contributed by atoms with E-state index in [0.29, 0.717) is 11.6 Å². The molecular weight excluding hydrogens is 274 g/mol. The minimum atomic E-state index is -3.20. The van der Waals surface area contributed by atoms with Crippen molar-refractivity contribution in [2.75, 3.05) is 44.0 Å². The van der Waals surface area contributed by atoms with Gasteiger partial charge in [0, 0.05) is 19.3 Å². The molecule has 1 aliphatic rings. The third-order valence-electron chi connectivity index (χ3n) is 3.75. The van der Waals surface area contributed by atoms with Gasteiger partial charge in [-0.25, -0.2) is 8.42 Å². The Kier molecular flexibility index (Phi) is 4.55. The number of nitrogens with two attached hydrogens (primary N) is 1. The van der Waals surface area contributed by atoms with Crippen molar-refractivity contribution >= 4 is 21.2 Å². The topological polar surface area (TPSA) is 75.4 Å². The van der Waals surface area contributed by atoms with Crippen molar-refractivity contribution in [1.29, 1.82) is 0 Å². The van der Waals surface area contributed by atoms with Crippen molar-refractivity contribution in [3.8, 4) is 0 Å². The lowest BCUT2D eigenvalue weighted by molar-refractivity contribution is 0.217. The third-order valence-corrected chi connectivity index (χ3v) is 4.86. The molecule has 1 aromatic rings. The highest BCUT2D eigenvalue weighted by molar-refractivity contribution is 7.90. The SMILES string of the molecule is CN1CCCC(CNc2ccc(S(C)(=O)=O)cc2N)C1. The second-order valence-corrected chi connectivity index (χ2v) is 7.69. The van der Waals surface area contributed by atoms with E-state index in [1.54, 1.807) is 12.1 Å². The van der Waals surface area contributed by atoms with Gasteiger partial charge in [-0.15, -0.1) is 0 Å². The smallest absolute Gasteiger partial charge is 0.175 e. The van der Waals surface area contributed by atoms with Crippen molar-refractivity contribution in [3.63, 3.8) is 0 Å². The van der Waals surface area contributed by atoms with Crippen LogP contribution in [0.5, 0.6) is 0 Å². The van der Waals surface area contributed by atoms with E-state index in [4.69, 9.17) is 5.73 Å². The maximum atomic E-state index is 11.5. The van der Waals surface area contributed by atoms with Crippen LogP contribution in [-0.4, -0.2) is 46.3 Å². The quantitative estimate of drug-likeness (QED) is 0.822. The number of anilines is 2. The van der Waals surface area contributed by atoms with E-state index < -0.39 is 9.84 Å². The summed E-state index contributed by atoms with van der Waals surface area (Å²) in [6, 6.07) is 4.87. The standard InChI is InChI=1S/C14H23N3O2S/c1-17-7-3-4-11(10-17)9-16-14-6-5-12(8-13(14)15)20(2,18)19/h5-6,8,11,16H,3-4,7,9-10,15H2,1-2H3. The molecule has 112 valence electrons. The van der Waals surface area contributed by atoms with Gasteiger partial charge in [-0.05, 0) is 50.6 Å². The highest BCUT2D eigenvalue weighted by Crippen LogP contribution is 2.24. The number of nitrogen functional groups attached to an aromatic ring is 1. The van der Waals surface area contributed by atoms with E-state index in [-0.39, 0.29) is 4.90 Å². The number of benzene rings is 1. The van der Waals surface area contributed by atoms with Gasteiger partial charge < -0.3 is 16.0 Å². The van der Waals surface area contributed by atoms with Crippen molar-refractivity contribution < 1.29 is 8.42 Å². The molecular formula is C14H23N3O2S. The Morgan fingerprint density at radius 2 is 2.20 bits per heavy atom. The normalized spacial score (nSPS) is 20.8. The average molecular weight is 297 g/mol. The van der Waals surface area contributed by atoms with Gasteiger partial charge in [0.15, 0.2) is 9.84 Å². The molecule has 0 bridgehead atoms. The number of sulfone groups is 1. The Morgan fingerprint density at radius 3 is 2.80 bits per heavy atom. The van der Waals surface area contributed by atoms with Gasteiger partial charge in [-0.2, -0.15) is 0 Å². The Bertz CT molecular complexity index is 572. The van der Waals surface area contributed by atoms with Crippen molar-refractivity contribution in [1.82, 2.24) is 4.90 Å². The number of nitrogens with zero attached hydrogens (tertiary/aromatic N) is 1. The third kappa shape index (κ3) is 3.86. The number of rotatable bonds is 4. The highest BCUT2D eigenvalue weighted by Gasteiger charge is 2.17. The Labute approximate surface area is 121 Å². The first-order valence-electron chi connectivity index (χ1n) is 6.88. The Hall–Kier alpha value is -1.27. The molecule has 1 aromatic carbocycles. The molecule has 5 nitrogen and oxygen atoms in total. The zero-order chi connectivity index (χ0) is 14.8. The molecule has 6 heteroatoms. The lowest BCUT2D eigenvalue weighted by atomic mass is 9.98. The molecule has 1 aliphatic heterocycles. The van der Waals surface area contributed by atoms with E-state index in [2.05, 4.69) is 17.3 Å². The Morgan fingerprint density at radius 1 is 1.45 bits per heavy atom. The summed E-state index contributed by atoms with van der Waals surface area (Å²) in [6.45, 7) is 3.13. The number of hydrogen-bond acceptors (Lipinski definition) is 5. The van der Waals surface area contributed by atoms with E-state index in [1.807, 2.05) is 0 Å². The van der Waals surface area contributed by atoms with Crippen LogP contribution in [0.1, 0.15) is 12.8 Å². The average Bonchev–Trinajstić information content (AvgIpc) is 2.36. The molecule has 0 aliphatic carbocycles. The number of hydrogen-bond donors (Lipinski definition) is 2. The lowest BCUT2D eigenvalue weighted by Crippen LogP contribution is -2.35. The van der Waals surface area contributed by atoms with E-state index in [9.17, 15) is 8.42 Å². The summed E-state index contributed by atoms with van der Waals surface area (Å²) in [5, 5.41) is 3.34. The van der Waals surface area contributed by atoms with Crippen LogP contribution in [0, 0.1) is 5.92 Å². The molecule has 0 aromatic heterocycles. The van der Waals surface area contributed by atoms with Gasteiger partial charge >= 0.3 is 0 Å². The summed E-state index contributed by atoms with van der Waals surface area (Å²) in [5.74, 6) is 0.614. The van der Waals surface area contributed by atoms with Crippen LogP contribution in [0.2, 0.25) is 0 Å². The minimum absolute atomic E-state index is 0.262. The summed E-state index contributed by atoms with van der Waals surface area (Å²) in [5.41, 5.74) is 7.22. The largest absolute Gasteiger partial charge is 0.397 e.